The molecule has 1 aromatic carbocycles. The van der Waals surface area contributed by atoms with Crippen molar-refractivity contribution in [1.82, 2.24) is 9.97 Å². The highest BCUT2D eigenvalue weighted by molar-refractivity contribution is 8.04. The van der Waals surface area contributed by atoms with Crippen LogP contribution in [0, 0.1) is 5.92 Å². The Balaban J connectivity index is 1.77. The Morgan fingerprint density at radius 3 is 2.79 bits per heavy atom. The predicted octanol–water partition coefficient (Wildman–Crippen LogP) is 5.06. The van der Waals surface area contributed by atoms with E-state index in [-0.39, 0.29) is 11.8 Å². The van der Waals surface area contributed by atoms with E-state index in [0.717, 1.165) is 17.6 Å². The second-order valence-electron chi connectivity index (χ2n) is 6.44. The van der Waals surface area contributed by atoms with E-state index in [1.807, 2.05) is 43.3 Å². The Hall–Kier alpha value is -2.70. The second kappa shape index (κ2) is 8.76. The smallest absolute Gasteiger partial charge is 0.284 e. The first-order chi connectivity index (χ1) is 14.2. The molecule has 2 aliphatic rings. The van der Waals surface area contributed by atoms with Crippen molar-refractivity contribution in [3.8, 4) is 5.88 Å². The molecule has 29 heavy (non-hydrogen) atoms. The number of rotatable bonds is 6. The average molecular weight is 424 g/mol. The summed E-state index contributed by atoms with van der Waals surface area (Å²) < 4.78 is 5.59. The molecule has 0 N–H and O–H groups in total. The van der Waals surface area contributed by atoms with Gasteiger partial charge in [-0.05, 0) is 41.5 Å². The molecule has 0 saturated heterocycles. The number of nitrogens with zero attached hydrogens (tertiary/aromatic N) is 3. The molecule has 0 bridgehead atoms. The fourth-order valence-corrected chi connectivity index (χ4v) is 4.22. The van der Waals surface area contributed by atoms with E-state index < -0.39 is 0 Å². The molecule has 146 valence electrons. The van der Waals surface area contributed by atoms with Gasteiger partial charge >= 0.3 is 0 Å². The van der Waals surface area contributed by atoms with Crippen molar-refractivity contribution in [3.63, 3.8) is 0 Å². The molecule has 0 radical (unpaired) electrons. The number of aromatic nitrogens is 2. The maximum Gasteiger partial charge on any atom is 0.284 e. The number of fused-ring (bicyclic) bond motifs is 1. The Morgan fingerprint density at radius 1 is 1.17 bits per heavy atom. The SMILES string of the molecule is CCCOc1ccnc(SC2=C(c3ccccc3)C3C=C(Cl)C=CC3=NC2=O)n1. The van der Waals surface area contributed by atoms with Gasteiger partial charge in [0.05, 0.1) is 17.2 Å². The molecule has 1 atom stereocenters. The van der Waals surface area contributed by atoms with Crippen LogP contribution in [-0.4, -0.2) is 28.2 Å². The Kier molecular flexibility index (Phi) is 5.92. The summed E-state index contributed by atoms with van der Waals surface area (Å²) in [5.74, 6) is -0.0171. The highest BCUT2D eigenvalue weighted by atomic mass is 35.5. The molecule has 7 heteroatoms. The van der Waals surface area contributed by atoms with Gasteiger partial charge in [0.25, 0.3) is 5.91 Å². The van der Waals surface area contributed by atoms with E-state index in [9.17, 15) is 4.79 Å². The summed E-state index contributed by atoms with van der Waals surface area (Å²) in [5, 5.41) is 1.06. The summed E-state index contributed by atoms with van der Waals surface area (Å²) in [6.45, 7) is 2.60. The fourth-order valence-electron chi connectivity index (χ4n) is 3.11. The summed E-state index contributed by atoms with van der Waals surface area (Å²) >= 11 is 7.47. The minimum atomic E-state index is -0.306. The van der Waals surface area contributed by atoms with Crippen molar-refractivity contribution < 1.29 is 9.53 Å². The average Bonchev–Trinajstić information content (AvgIpc) is 2.74. The number of halogens is 1. The van der Waals surface area contributed by atoms with Gasteiger partial charge in [-0.1, -0.05) is 54.9 Å². The summed E-state index contributed by atoms with van der Waals surface area (Å²) in [4.78, 5) is 26.4. The van der Waals surface area contributed by atoms with Crippen LogP contribution < -0.4 is 4.74 Å². The quantitative estimate of drug-likeness (QED) is 0.607. The molecule has 1 aliphatic heterocycles. The zero-order valence-corrected chi connectivity index (χ0v) is 17.3. The third-order valence-corrected chi connectivity index (χ3v) is 5.61. The summed E-state index contributed by atoms with van der Waals surface area (Å²) in [6, 6.07) is 11.5. The number of ether oxygens (including phenoxy) is 1. The lowest BCUT2D eigenvalue weighted by Crippen LogP contribution is -2.23. The van der Waals surface area contributed by atoms with Crippen LogP contribution in [0.2, 0.25) is 0 Å². The van der Waals surface area contributed by atoms with Crippen LogP contribution in [-0.2, 0) is 4.79 Å². The number of allylic oxidation sites excluding steroid dienone is 5. The Morgan fingerprint density at radius 2 is 2.00 bits per heavy atom. The number of carbonyl (C=O) groups is 1. The van der Waals surface area contributed by atoms with Crippen LogP contribution in [0.4, 0.5) is 0 Å². The predicted molar refractivity (Wildman–Crippen MR) is 116 cm³/mol. The minimum absolute atomic E-state index is 0.199. The van der Waals surface area contributed by atoms with E-state index >= 15 is 0 Å². The number of dihydropyridines is 1. The molecule has 4 rings (SSSR count). The first-order valence-corrected chi connectivity index (χ1v) is 10.5. The van der Waals surface area contributed by atoms with E-state index in [4.69, 9.17) is 16.3 Å². The number of benzene rings is 1. The zero-order chi connectivity index (χ0) is 20.2. The molecule has 1 aliphatic carbocycles. The molecule has 2 heterocycles. The minimum Gasteiger partial charge on any atom is -0.478 e. The van der Waals surface area contributed by atoms with Crippen molar-refractivity contribution in [1.29, 1.82) is 0 Å². The van der Waals surface area contributed by atoms with Crippen LogP contribution in [0.5, 0.6) is 5.88 Å². The lowest BCUT2D eigenvalue weighted by molar-refractivity contribution is -0.113. The van der Waals surface area contributed by atoms with Gasteiger partial charge in [0.1, 0.15) is 0 Å². The molecular weight excluding hydrogens is 406 g/mol. The van der Waals surface area contributed by atoms with E-state index in [1.165, 1.54) is 11.8 Å². The number of hydrogen-bond acceptors (Lipinski definition) is 5. The van der Waals surface area contributed by atoms with Gasteiger partial charge in [-0.3, -0.25) is 4.79 Å². The summed E-state index contributed by atoms with van der Waals surface area (Å²) in [7, 11) is 0. The normalized spacial score (nSPS) is 18.3. The number of carbonyl (C=O) groups excluding carboxylic acids is 1. The first-order valence-electron chi connectivity index (χ1n) is 9.27. The van der Waals surface area contributed by atoms with Crippen LogP contribution in [0.15, 0.2) is 80.9 Å². The molecule has 1 aromatic heterocycles. The zero-order valence-electron chi connectivity index (χ0n) is 15.7. The van der Waals surface area contributed by atoms with Gasteiger partial charge in [0, 0.05) is 23.2 Å². The highest BCUT2D eigenvalue weighted by Crippen LogP contribution is 2.42. The Labute approximate surface area is 178 Å². The van der Waals surface area contributed by atoms with E-state index in [0.29, 0.717) is 33.3 Å². The molecular formula is C22H18ClN3O2S. The summed E-state index contributed by atoms with van der Waals surface area (Å²) in [5.41, 5.74) is 2.48. The standard InChI is InChI=1S/C22H18ClN3O2S/c1-2-12-28-18-10-11-24-22(26-18)29-20-19(14-6-4-3-5-7-14)16-13-15(23)8-9-17(16)25-21(20)27/h3-11,13,16H,2,12H2,1H3. The molecule has 0 spiro atoms. The van der Waals surface area contributed by atoms with Crippen molar-refractivity contribution in [2.45, 2.75) is 18.5 Å². The highest BCUT2D eigenvalue weighted by Gasteiger charge is 2.33. The molecule has 1 amide bonds. The third-order valence-electron chi connectivity index (χ3n) is 4.38. The van der Waals surface area contributed by atoms with Crippen LogP contribution in [0.25, 0.3) is 5.57 Å². The van der Waals surface area contributed by atoms with Gasteiger partial charge in [0.15, 0.2) is 5.16 Å². The molecule has 2 aromatic rings. The monoisotopic (exact) mass is 423 g/mol. The largest absolute Gasteiger partial charge is 0.478 e. The summed E-state index contributed by atoms with van der Waals surface area (Å²) in [6.07, 6.45) is 7.98. The van der Waals surface area contributed by atoms with Crippen molar-refractivity contribution >= 4 is 40.6 Å². The lowest BCUT2D eigenvalue weighted by atomic mass is 9.84. The number of thioether (sulfide) groups is 1. The first kappa shape index (κ1) is 19.6. The van der Waals surface area contributed by atoms with Gasteiger partial charge in [-0.15, -0.1) is 0 Å². The Bertz CT molecular complexity index is 1060. The van der Waals surface area contributed by atoms with Crippen LogP contribution in [0.1, 0.15) is 18.9 Å². The van der Waals surface area contributed by atoms with Gasteiger partial charge in [-0.25, -0.2) is 9.98 Å². The van der Waals surface area contributed by atoms with Gasteiger partial charge in [0.2, 0.25) is 5.88 Å². The maximum absolute atomic E-state index is 12.9. The van der Waals surface area contributed by atoms with E-state index in [1.54, 1.807) is 24.4 Å². The molecule has 0 fully saturated rings. The fraction of sp³-hybridized carbons (Fsp3) is 0.182. The van der Waals surface area contributed by atoms with Crippen molar-refractivity contribution in [2.24, 2.45) is 10.9 Å². The number of hydrogen-bond donors (Lipinski definition) is 0. The van der Waals surface area contributed by atoms with Crippen molar-refractivity contribution in [3.05, 3.63) is 76.3 Å². The van der Waals surface area contributed by atoms with Gasteiger partial charge in [-0.2, -0.15) is 4.98 Å². The van der Waals surface area contributed by atoms with E-state index in [2.05, 4.69) is 15.0 Å². The topological polar surface area (TPSA) is 64.4 Å². The lowest BCUT2D eigenvalue weighted by Gasteiger charge is -2.26. The molecule has 0 saturated carbocycles. The number of amides is 1. The van der Waals surface area contributed by atoms with Crippen molar-refractivity contribution in [2.75, 3.05) is 6.61 Å². The number of aliphatic imine (C=N–C) groups is 1. The second-order valence-corrected chi connectivity index (χ2v) is 7.86. The van der Waals surface area contributed by atoms with Crippen LogP contribution in [0.3, 0.4) is 0 Å². The van der Waals surface area contributed by atoms with Gasteiger partial charge < -0.3 is 4.74 Å². The maximum atomic E-state index is 12.9. The third kappa shape index (κ3) is 4.33. The van der Waals surface area contributed by atoms with Crippen LogP contribution >= 0.6 is 23.4 Å². The molecule has 1 unspecified atom stereocenters. The molecule has 5 nitrogen and oxygen atoms in total.